The number of aliphatic imine (C=N–C) groups is 1. The van der Waals surface area contributed by atoms with Crippen LogP contribution >= 0.6 is 24.0 Å². The molecule has 2 aromatic rings. The average Bonchev–Trinajstić information content (AvgIpc) is 3.28. The number of guanidine groups is 1. The van der Waals surface area contributed by atoms with Crippen molar-refractivity contribution in [3.8, 4) is 0 Å². The van der Waals surface area contributed by atoms with E-state index in [9.17, 15) is 0 Å². The Kier molecular flexibility index (Phi) is 11.7. The lowest BCUT2D eigenvalue weighted by Crippen LogP contribution is -2.49. The Hall–Kier alpha value is -1.95. The highest BCUT2D eigenvalue weighted by molar-refractivity contribution is 14.0. The molecule has 3 rings (SSSR count). The van der Waals surface area contributed by atoms with Crippen LogP contribution in [0.15, 0.2) is 34.0 Å². The van der Waals surface area contributed by atoms with Crippen LogP contribution in [-0.2, 0) is 6.54 Å². The van der Waals surface area contributed by atoms with Crippen LogP contribution in [0.5, 0.6) is 0 Å². The van der Waals surface area contributed by atoms with Crippen LogP contribution in [-0.4, -0.2) is 71.8 Å². The van der Waals surface area contributed by atoms with Crippen molar-refractivity contribution in [1.82, 2.24) is 30.7 Å². The van der Waals surface area contributed by atoms with Gasteiger partial charge in [0.15, 0.2) is 11.7 Å². The van der Waals surface area contributed by atoms with E-state index < -0.39 is 0 Å². The third-order valence-electron chi connectivity index (χ3n) is 5.65. The summed E-state index contributed by atoms with van der Waals surface area (Å²) in [5.41, 5.74) is 1.04. The third kappa shape index (κ3) is 7.88. The van der Waals surface area contributed by atoms with E-state index in [0.29, 0.717) is 12.5 Å². The second-order valence-electron chi connectivity index (χ2n) is 7.73. The monoisotopic (exact) mass is 556 g/mol. The zero-order chi connectivity index (χ0) is 21.9. The Bertz CT molecular complexity index is 788. The van der Waals surface area contributed by atoms with Gasteiger partial charge in [0.2, 0.25) is 5.95 Å². The van der Waals surface area contributed by atoms with Crippen LogP contribution < -0.4 is 15.5 Å². The van der Waals surface area contributed by atoms with E-state index in [4.69, 9.17) is 4.52 Å². The van der Waals surface area contributed by atoms with E-state index in [1.807, 2.05) is 12.1 Å². The third-order valence-corrected chi connectivity index (χ3v) is 5.65. The molecule has 0 unspecified atom stereocenters. The molecular formula is C22H37IN8O. The molecule has 0 radical (unpaired) electrons. The Morgan fingerprint density at radius 3 is 2.47 bits per heavy atom. The largest absolute Gasteiger partial charge is 0.359 e. The van der Waals surface area contributed by atoms with Crippen molar-refractivity contribution in [3.05, 3.63) is 36.0 Å². The van der Waals surface area contributed by atoms with E-state index >= 15 is 0 Å². The molecule has 0 spiro atoms. The van der Waals surface area contributed by atoms with Crippen LogP contribution in [0, 0.1) is 0 Å². The van der Waals surface area contributed by atoms with E-state index in [-0.39, 0.29) is 24.0 Å². The fourth-order valence-electron chi connectivity index (χ4n) is 3.76. The highest BCUT2D eigenvalue weighted by atomic mass is 127. The van der Waals surface area contributed by atoms with Crippen molar-refractivity contribution in [2.24, 2.45) is 4.99 Å². The van der Waals surface area contributed by atoms with Crippen LogP contribution in [0.4, 0.5) is 5.95 Å². The van der Waals surface area contributed by atoms with Gasteiger partial charge in [0.05, 0.1) is 5.69 Å². The van der Waals surface area contributed by atoms with Gasteiger partial charge in [-0.3, -0.25) is 4.90 Å². The summed E-state index contributed by atoms with van der Waals surface area (Å²) in [6.07, 6.45) is 5.74. The summed E-state index contributed by atoms with van der Waals surface area (Å²) in [6, 6.07) is 3.89. The van der Waals surface area contributed by atoms with Crippen LogP contribution in [0.3, 0.4) is 0 Å². The predicted octanol–water partition coefficient (Wildman–Crippen LogP) is 2.86. The molecule has 2 aromatic heterocycles. The molecule has 3 heterocycles. The van der Waals surface area contributed by atoms with Gasteiger partial charge in [-0.2, -0.15) is 0 Å². The molecule has 0 aliphatic carbocycles. The summed E-state index contributed by atoms with van der Waals surface area (Å²) >= 11 is 0. The normalized spacial score (nSPS) is 15.0. The smallest absolute Gasteiger partial charge is 0.225 e. The lowest BCUT2D eigenvalue weighted by atomic mass is 9.99. The van der Waals surface area contributed by atoms with Gasteiger partial charge in [-0.05, 0) is 25.8 Å². The molecular weight excluding hydrogens is 519 g/mol. The number of piperazine rings is 1. The SMILES string of the molecule is CCNC(=NCc1cc(C(CC)CC)no1)NCCN1CCN(c2ncccn2)CC1.I. The van der Waals surface area contributed by atoms with Crippen molar-refractivity contribution >= 4 is 35.9 Å². The van der Waals surface area contributed by atoms with Crippen molar-refractivity contribution < 1.29 is 4.52 Å². The Morgan fingerprint density at radius 1 is 1.09 bits per heavy atom. The summed E-state index contributed by atoms with van der Waals surface area (Å²) < 4.78 is 5.49. The van der Waals surface area contributed by atoms with E-state index in [1.54, 1.807) is 12.4 Å². The standard InChI is InChI=1S/C22H36N8O.HI/c1-4-18(5-2)20-16-19(31-28-20)17-27-21(23-6-3)24-10-11-29-12-14-30(15-13-29)22-25-8-7-9-26-22;/h7-9,16,18H,4-6,10-15,17H2,1-3H3,(H2,23,24,27);1H. The first-order chi connectivity index (χ1) is 15.2. The number of aromatic nitrogens is 3. The number of hydrogen-bond donors (Lipinski definition) is 2. The van der Waals surface area contributed by atoms with Crippen LogP contribution in [0.1, 0.15) is 51.0 Å². The molecule has 0 aromatic carbocycles. The number of rotatable bonds is 10. The molecule has 0 atom stereocenters. The van der Waals surface area contributed by atoms with Gasteiger partial charge >= 0.3 is 0 Å². The van der Waals surface area contributed by atoms with E-state index in [2.05, 4.69) is 61.3 Å². The summed E-state index contributed by atoms with van der Waals surface area (Å²) in [4.78, 5) is 18.0. The first kappa shape index (κ1) is 26.3. The van der Waals surface area contributed by atoms with Crippen molar-refractivity contribution in [2.45, 2.75) is 46.1 Å². The highest BCUT2D eigenvalue weighted by Crippen LogP contribution is 2.22. The molecule has 1 saturated heterocycles. The Balaban J connectivity index is 0.00000363. The topological polar surface area (TPSA) is 94.7 Å². The quantitative estimate of drug-likeness (QED) is 0.262. The molecule has 0 bridgehead atoms. The fraction of sp³-hybridized carbons (Fsp3) is 0.636. The second kappa shape index (κ2) is 14.2. The van der Waals surface area contributed by atoms with Gasteiger partial charge in [-0.15, -0.1) is 24.0 Å². The number of halogens is 1. The summed E-state index contributed by atoms with van der Waals surface area (Å²) in [5, 5.41) is 11.0. The molecule has 1 aliphatic heterocycles. The van der Waals surface area contributed by atoms with E-state index in [0.717, 1.165) is 82.0 Å². The fourth-order valence-corrected chi connectivity index (χ4v) is 3.76. The van der Waals surface area contributed by atoms with Crippen molar-refractivity contribution in [3.63, 3.8) is 0 Å². The van der Waals surface area contributed by atoms with Gasteiger partial charge in [0, 0.05) is 70.2 Å². The number of hydrogen-bond acceptors (Lipinski definition) is 7. The lowest BCUT2D eigenvalue weighted by molar-refractivity contribution is 0.260. The second-order valence-corrected chi connectivity index (χ2v) is 7.73. The molecule has 178 valence electrons. The molecule has 0 saturated carbocycles. The Labute approximate surface area is 208 Å². The highest BCUT2D eigenvalue weighted by Gasteiger charge is 2.18. The summed E-state index contributed by atoms with van der Waals surface area (Å²) in [5.74, 6) is 2.89. The maximum atomic E-state index is 5.49. The van der Waals surface area contributed by atoms with Crippen LogP contribution in [0.25, 0.3) is 0 Å². The molecule has 0 amide bonds. The van der Waals surface area contributed by atoms with Gasteiger partial charge < -0.3 is 20.1 Å². The molecule has 1 fully saturated rings. The molecule has 2 N–H and O–H groups in total. The van der Waals surface area contributed by atoms with Gasteiger partial charge in [0.1, 0.15) is 6.54 Å². The lowest BCUT2D eigenvalue weighted by Gasteiger charge is -2.34. The number of nitrogens with one attached hydrogen (secondary N) is 2. The minimum absolute atomic E-state index is 0. The van der Waals surface area contributed by atoms with Crippen molar-refractivity contribution in [2.75, 3.05) is 50.7 Å². The molecule has 32 heavy (non-hydrogen) atoms. The van der Waals surface area contributed by atoms with Gasteiger partial charge in [-0.25, -0.2) is 15.0 Å². The molecule has 1 aliphatic rings. The number of nitrogens with zero attached hydrogens (tertiary/aromatic N) is 6. The maximum absolute atomic E-state index is 5.49. The summed E-state index contributed by atoms with van der Waals surface area (Å²) in [7, 11) is 0. The Morgan fingerprint density at radius 2 is 1.81 bits per heavy atom. The van der Waals surface area contributed by atoms with E-state index in [1.165, 1.54) is 0 Å². The first-order valence-electron chi connectivity index (χ1n) is 11.4. The molecule has 9 nitrogen and oxygen atoms in total. The minimum Gasteiger partial charge on any atom is -0.359 e. The average molecular weight is 556 g/mol. The number of anilines is 1. The first-order valence-corrected chi connectivity index (χ1v) is 11.4. The zero-order valence-corrected chi connectivity index (χ0v) is 21.8. The van der Waals surface area contributed by atoms with Crippen molar-refractivity contribution in [1.29, 1.82) is 0 Å². The minimum atomic E-state index is 0. The maximum Gasteiger partial charge on any atom is 0.225 e. The van der Waals surface area contributed by atoms with Crippen LogP contribution in [0.2, 0.25) is 0 Å². The predicted molar refractivity (Wildman–Crippen MR) is 139 cm³/mol. The zero-order valence-electron chi connectivity index (χ0n) is 19.5. The van der Waals surface area contributed by atoms with Gasteiger partial charge in [-0.1, -0.05) is 19.0 Å². The summed E-state index contributed by atoms with van der Waals surface area (Å²) in [6.45, 7) is 13.4. The molecule has 10 heteroatoms. The van der Waals surface area contributed by atoms with Gasteiger partial charge in [0.25, 0.3) is 0 Å².